The van der Waals surface area contributed by atoms with Crippen molar-refractivity contribution in [2.45, 2.75) is 12.5 Å². The van der Waals surface area contributed by atoms with Gasteiger partial charge in [-0.15, -0.1) is 0 Å². The lowest BCUT2D eigenvalue weighted by Crippen LogP contribution is -2.46. The molecule has 1 aliphatic rings. The van der Waals surface area contributed by atoms with Crippen LogP contribution in [0.25, 0.3) is 0 Å². The smallest absolute Gasteiger partial charge is 0.266 e. The molecule has 1 heterocycles. The number of aliphatic hydroxyl groups is 1. The topological polar surface area (TPSA) is 116 Å². The summed E-state index contributed by atoms with van der Waals surface area (Å²) in [6.45, 7) is 0.813. The molecule has 0 aliphatic carbocycles. The van der Waals surface area contributed by atoms with Crippen LogP contribution in [0.5, 0.6) is 0 Å². The lowest BCUT2D eigenvalue weighted by atomic mass is 9.97. The molecule has 1 fully saturated rings. The maximum Gasteiger partial charge on any atom is 0.266 e. The number of amides is 1. The maximum atomic E-state index is 11.5. The summed E-state index contributed by atoms with van der Waals surface area (Å²) in [6, 6.07) is 0. The fourth-order valence-electron chi connectivity index (χ4n) is 1.57. The summed E-state index contributed by atoms with van der Waals surface area (Å²) in [4.78, 5) is 11.5. The van der Waals surface area contributed by atoms with Crippen LogP contribution >= 0.6 is 0 Å². The van der Waals surface area contributed by atoms with E-state index in [2.05, 4.69) is 10.6 Å². The Labute approximate surface area is 94.0 Å². The summed E-state index contributed by atoms with van der Waals surface area (Å²) >= 11 is 0. The molecule has 0 aromatic heterocycles. The van der Waals surface area contributed by atoms with E-state index in [1.54, 1.807) is 0 Å². The minimum atomic E-state index is -4.04. The summed E-state index contributed by atoms with van der Waals surface area (Å²) in [7, 11) is -4.04. The highest BCUT2D eigenvalue weighted by atomic mass is 32.2. The third-order valence-corrected chi connectivity index (χ3v) is 3.08. The summed E-state index contributed by atoms with van der Waals surface area (Å²) in [5.41, 5.74) is 0. The van der Waals surface area contributed by atoms with E-state index in [0.29, 0.717) is 19.5 Å². The molecule has 16 heavy (non-hydrogen) atoms. The predicted octanol–water partition coefficient (Wildman–Crippen LogP) is -2.04. The van der Waals surface area contributed by atoms with Gasteiger partial charge in [-0.25, -0.2) is 0 Å². The molecule has 0 spiro atoms. The van der Waals surface area contributed by atoms with Crippen LogP contribution in [0.1, 0.15) is 6.42 Å². The van der Waals surface area contributed by atoms with E-state index in [-0.39, 0.29) is 18.4 Å². The molecule has 7 nitrogen and oxygen atoms in total. The van der Waals surface area contributed by atoms with Crippen LogP contribution in [0.4, 0.5) is 0 Å². The Balaban J connectivity index is 2.29. The molecule has 8 heteroatoms. The Morgan fingerprint density at radius 3 is 2.69 bits per heavy atom. The number of rotatable bonds is 4. The standard InChI is InChI=1S/C8H16N2O5S/c11-7-3-6(4-9-5-7)8(12)10-1-2-16(13,14)15/h6-7,9,11H,1-5H2,(H,10,12)(H,13,14,15). The first-order chi connectivity index (χ1) is 7.38. The molecule has 0 bridgehead atoms. The number of carbonyl (C=O) groups is 1. The number of hydrogen-bond acceptors (Lipinski definition) is 5. The quantitative estimate of drug-likeness (QED) is 0.428. The molecule has 94 valence electrons. The Bertz CT molecular complexity index is 342. The lowest BCUT2D eigenvalue weighted by molar-refractivity contribution is -0.126. The van der Waals surface area contributed by atoms with Crippen LogP contribution in [0.3, 0.4) is 0 Å². The molecule has 2 unspecified atom stereocenters. The molecule has 1 amide bonds. The first kappa shape index (κ1) is 13.4. The van der Waals surface area contributed by atoms with Gasteiger partial charge in [-0.1, -0.05) is 0 Å². The van der Waals surface area contributed by atoms with Gasteiger partial charge in [-0.05, 0) is 6.42 Å². The van der Waals surface area contributed by atoms with Gasteiger partial charge in [0, 0.05) is 19.6 Å². The van der Waals surface area contributed by atoms with Gasteiger partial charge in [-0.2, -0.15) is 8.42 Å². The van der Waals surface area contributed by atoms with E-state index in [4.69, 9.17) is 4.55 Å². The third-order valence-electron chi connectivity index (χ3n) is 2.36. The molecule has 1 aliphatic heterocycles. The number of hydrogen-bond donors (Lipinski definition) is 4. The third kappa shape index (κ3) is 4.88. The van der Waals surface area contributed by atoms with Crippen molar-refractivity contribution in [1.82, 2.24) is 10.6 Å². The fourth-order valence-corrected chi connectivity index (χ4v) is 1.93. The highest BCUT2D eigenvalue weighted by molar-refractivity contribution is 7.85. The Kier molecular flexibility index (Phi) is 4.66. The molecule has 1 saturated heterocycles. The summed E-state index contributed by atoms with van der Waals surface area (Å²) in [5.74, 6) is -1.17. The number of nitrogens with one attached hydrogen (secondary N) is 2. The van der Waals surface area contributed by atoms with E-state index in [9.17, 15) is 18.3 Å². The largest absolute Gasteiger partial charge is 0.392 e. The average Bonchev–Trinajstić information content (AvgIpc) is 2.15. The van der Waals surface area contributed by atoms with Gasteiger partial charge >= 0.3 is 0 Å². The van der Waals surface area contributed by atoms with Crippen LogP contribution in [0.15, 0.2) is 0 Å². The van der Waals surface area contributed by atoms with Crippen molar-refractivity contribution < 1.29 is 22.9 Å². The van der Waals surface area contributed by atoms with Gasteiger partial charge in [0.25, 0.3) is 10.1 Å². The minimum absolute atomic E-state index is 0.121. The van der Waals surface area contributed by atoms with Crippen LogP contribution in [-0.4, -0.2) is 55.5 Å². The van der Waals surface area contributed by atoms with Crippen molar-refractivity contribution in [2.24, 2.45) is 5.92 Å². The minimum Gasteiger partial charge on any atom is -0.392 e. The second-order valence-corrected chi connectivity index (χ2v) is 5.39. The zero-order valence-corrected chi connectivity index (χ0v) is 9.53. The van der Waals surface area contributed by atoms with Gasteiger partial charge < -0.3 is 15.7 Å². The number of piperidine rings is 1. The Morgan fingerprint density at radius 1 is 1.44 bits per heavy atom. The monoisotopic (exact) mass is 252 g/mol. The number of β-amino-alcohol motifs (C(OH)–C–C–N with tert-alkyl or cyclic N) is 1. The van der Waals surface area contributed by atoms with Crippen LogP contribution in [0, 0.1) is 5.92 Å². The average molecular weight is 252 g/mol. The molecule has 0 aromatic rings. The normalized spacial score (nSPS) is 26.4. The van der Waals surface area contributed by atoms with Crippen molar-refractivity contribution in [1.29, 1.82) is 0 Å². The molecular formula is C8H16N2O5S. The lowest BCUT2D eigenvalue weighted by Gasteiger charge is -2.25. The van der Waals surface area contributed by atoms with Crippen LogP contribution in [0.2, 0.25) is 0 Å². The van der Waals surface area contributed by atoms with Crippen LogP contribution < -0.4 is 10.6 Å². The molecule has 0 radical (unpaired) electrons. The fraction of sp³-hybridized carbons (Fsp3) is 0.875. The highest BCUT2D eigenvalue weighted by Gasteiger charge is 2.25. The van der Waals surface area contributed by atoms with Crippen molar-refractivity contribution in [3.63, 3.8) is 0 Å². The van der Waals surface area contributed by atoms with Gasteiger partial charge in [0.2, 0.25) is 5.91 Å². The number of carbonyl (C=O) groups excluding carboxylic acids is 1. The van der Waals surface area contributed by atoms with Gasteiger partial charge in [0.15, 0.2) is 0 Å². The molecule has 1 rings (SSSR count). The molecule has 4 N–H and O–H groups in total. The summed E-state index contributed by atoms with van der Waals surface area (Å²) < 4.78 is 29.2. The SMILES string of the molecule is O=C(NCCS(=O)(=O)O)C1CNCC(O)C1. The van der Waals surface area contributed by atoms with Crippen molar-refractivity contribution in [3.8, 4) is 0 Å². The maximum absolute atomic E-state index is 11.5. The van der Waals surface area contributed by atoms with Crippen molar-refractivity contribution in [3.05, 3.63) is 0 Å². The first-order valence-corrected chi connectivity index (χ1v) is 6.61. The van der Waals surface area contributed by atoms with Crippen molar-refractivity contribution >= 4 is 16.0 Å². The van der Waals surface area contributed by atoms with Crippen molar-refractivity contribution in [2.75, 3.05) is 25.4 Å². The van der Waals surface area contributed by atoms with E-state index in [1.807, 2.05) is 0 Å². The van der Waals surface area contributed by atoms with E-state index in [0.717, 1.165) is 0 Å². The second kappa shape index (κ2) is 5.58. The number of aliphatic hydroxyl groups excluding tert-OH is 1. The van der Waals surface area contributed by atoms with E-state index in [1.165, 1.54) is 0 Å². The Hall–Kier alpha value is -0.700. The molecule has 2 atom stereocenters. The summed E-state index contributed by atoms with van der Waals surface area (Å²) in [5, 5.41) is 14.6. The molecular weight excluding hydrogens is 236 g/mol. The van der Waals surface area contributed by atoms with E-state index >= 15 is 0 Å². The van der Waals surface area contributed by atoms with Gasteiger partial charge in [-0.3, -0.25) is 9.35 Å². The summed E-state index contributed by atoms with van der Waals surface area (Å²) in [6.07, 6.45) is -0.184. The van der Waals surface area contributed by atoms with E-state index < -0.39 is 22.0 Å². The molecule has 0 saturated carbocycles. The van der Waals surface area contributed by atoms with Crippen LogP contribution in [-0.2, 0) is 14.9 Å². The first-order valence-electron chi connectivity index (χ1n) is 5.00. The zero-order chi connectivity index (χ0) is 12.2. The Morgan fingerprint density at radius 2 is 2.12 bits per heavy atom. The van der Waals surface area contributed by atoms with Gasteiger partial charge in [0.05, 0.1) is 17.8 Å². The molecule has 0 aromatic carbocycles. The highest BCUT2D eigenvalue weighted by Crippen LogP contribution is 2.10. The second-order valence-electron chi connectivity index (χ2n) is 3.82. The van der Waals surface area contributed by atoms with Gasteiger partial charge in [0.1, 0.15) is 0 Å². The zero-order valence-electron chi connectivity index (χ0n) is 8.72. The predicted molar refractivity (Wildman–Crippen MR) is 56.4 cm³/mol.